The Balaban J connectivity index is 2.10. The third kappa shape index (κ3) is 4.68. The molecule has 0 saturated carbocycles. The fourth-order valence-corrected chi connectivity index (χ4v) is 3.17. The highest BCUT2D eigenvalue weighted by Crippen LogP contribution is 2.28. The lowest BCUT2D eigenvalue weighted by Crippen LogP contribution is -2.14. The Labute approximate surface area is 139 Å². The third-order valence-electron chi connectivity index (χ3n) is 4.51. The van der Waals surface area contributed by atoms with Crippen LogP contribution in [0.5, 0.6) is 5.88 Å². The molecule has 1 aromatic carbocycles. The first-order valence-corrected chi connectivity index (χ1v) is 8.86. The highest BCUT2D eigenvalue weighted by Gasteiger charge is 2.14. The van der Waals surface area contributed by atoms with Crippen molar-refractivity contribution in [2.24, 2.45) is 0 Å². The van der Waals surface area contributed by atoms with Crippen molar-refractivity contribution >= 4 is 10.9 Å². The normalized spacial score (nSPS) is 12.7. The van der Waals surface area contributed by atoms with Gasteiger partial charge in [0, 0.05) is 17.6 Å². The predicted molar refractivity (Wildman–Crippen MR) is 96.0 cm³/mol. The van der Waals surface area contributed by atoms with Crippen LogP contribution in [-0.2, 0) is 11.2 Å². The molecule has 0 saturated heterocycles. The molecule has 23 heavy (non-hydrogen) atoms. The van der Waals surface area contributed by atoms with E-state index in [2.05, 4.69) is 24.9 Å². The van der Waals surface area contributed by atoms with Gasteiger partial charge in [-0.15, -0.1) is 0 Å². The molecule has 0 radical (unpaired) electrons. The maximum Gasteiger partial charge on any atom is 0.214 e. The van der Waals surface area contributed by atoms with E-state index in [0.717, 1.165) is 47.9 Å². The number of pyridine rings is 1. The van der Waals surface area contributed by atoms with Gasteiger partial charge < -0.3 is 9.84 Å². The number of fused-ring (bicyclic) bond motifs is 1. The molecule has 0 aliphatic heterocycles. The Hall–Kier alpha value is -1.61. The fourth-order valence-electron chi connectivity index (χ4n) is 3.17. The van der Waals surface area contributed by atoms with E-state index in [1.807, 2.05) is 25.1 Å². The molecule has 0 aliphatic carbocycles. The Morgan fingerprint density at radius 1 is 1.13 bits per heavy atom. The molecular formula is C20H29NO2. The molecule has 0 amide bonds. The Morgan fingerprint density at radius 3 is 2.65 bits per heavy atom. The second-order valence-corrected chi connectivity index (χ2v) is 6.17. The number of para-hydroxylation sites is 1. The van der Waals surface area contributed by atoms with Gasteiger partial charge in [-0.05, 0) is 44.7 Å². The summed E-state index contributed by atoms with van der Waals surface area (Å²) in [4.78, 5) is 4.35. The number of aromatic hydroxyl groups is 1. The molecule has 0 bridgehead atoms. The van der Waals surface area contributed by atoms with E-state index < -0.39 is 0 Å². The summed E-state index contributed by atoms with van der Waals surface area (Å²) < 4.78 is 5.88. The Bertz CT molecular complexity index is 624. The number of unbranched alkanes of at least 4 members (excludes halogenated alkanes) is 2. The van der Waals surface area contributed by atoms with Crippen molar-refractivity contribution in [1.29, 1.82) is 0 Å². The fraction of sp³-hybridized carbons (Fsp3) is 0.550. The lowest BCUT2D eigenvalue weighted by atomic mass is 9.97. The zero-order chi connectivity index (χ0) is 16.7. The van der Waals surface area contributed by atoms with Crippen LogP contribution >= 0.6 is 0 Å². The van der Waals surface area contributed by atoms with Crippen molar-refractivity contribution in [2.75, 3.05) is 6.61 Å². The number of benzene rings is 1. The largest absolute Gasteiger partial charge is 0.493 e. The zero-order valence-corrected chi connectivity index (χ0v) is 14.6. The highest BCUT2D eigenvalue weighted by molar-refractivity contribution is 5.83. The van der Waals surface area contributed by atoms with Gasteiger partial charge in [0.1, 0.15) is 0 Å². The maximum atomic E-state index is 10.3. The van der Waals surface area contributed by atoms with Crippen LogP contribution in [0, 0.1) is 6.92 Å². The van der Waals surface area contributed by atoms with Gasteiger partial charge in [0.15, 0.2) is 0 Å². The Morgan fingerprint density at radius 2 is 1.91 bits per heavy atom. The van der Waals surface area contributed by atoms with Crippen LogP contribution in [0.3, 0.4) is 0 Å². The minimum absolute atomic E-state index is 0.171. The molecule has 2 rings (SSSR count). The van der Waals surface area contributed by atoms with Crippen LogP contribution in [-0.4, -0.2) is 22.8 Å². The number of ether oxygens (including phenoxy) is 1. The van der Waals surface area contributed by atoms with Crippen LogP contribution in [0.25, 0.3) is 10.9 Å². The number of hydrogen-bond acceptors (Lipinski definition) is 3. The molecule has 0 fully saturated rings. The van der Waals surface area contributed by atoms with Crippen LogP contribution < -0.4 is 0 Å². The summed E-state index contributed by atoms with van der Waals surface area (Å²) in [7, 11) is 0. The second-order valence-electron chi connectivity index (χ2n) is 6.17. The monoisotopic (exact) mass is 315 g/mol. The van der Waals surface area contributed by atoms with Crippen molar-refractivity contribution in [3.8, 4) is 5.88 Å². The van der Waals surface area contributed by atoms with Gasteiger partial charge in [0.2, 0.25) is 5.88 Å². The lowest BCUT2D eigenvalue weighted by Gasteiger charge is -2.18. The first-order valence-electron chi connectivity index (χ1n) is 8.86. The molecule has 3 heteroatoms. The van der Waals surface area contributed by atoms with E-state index in [4.69, 9.17) is 4.74 Å². The standard InChI is InChI=1S/C20H29NO2/c1-4-6-7-10-16(23-5-2)13-14-18-15(3)17-11-8-9-12-19(17)21-20(18)22/h8-9,11-12,16H,4-7,10,13-14H2,1-3H3,(H,21,22). The van der Waals surface area contributed by atoms with E-state index in [1.54, 1.807) is 0 Å². The molecule has 2 aromatic rings. The zero-order valence-electron chi connectivity index (χ0n) is 14.6. The molecule has 126 valence electrons. The summed E-state index contributed by atoms with van der Waals surface area (Å²) in [5.41, 5.74) is 2.95. The van der Waals surface area contributed by atoms with Crippen LogP contribution in [0.2, 0.25) is 0 Å². The predicted octanol–water partition coefficient (Wildman–Crippen LogP) is 5.17. The molecule has 1 atom stereocenters. The van der Waals surface area contributed by atoms with Gasteiger partial charge >= 0.3 is 0 Å². The minimum Gasteiger partial charge on any atom is -0.493 e. The van der Waals surface area contributed by atoms with Gasteiger partial charge in [0.05, 0.1) is 11.6 Å². The SMILES string of the molecule is CCCCCC(CCc1c(O)nc2ccccc2c1C)OCC. The van der Waals surface area contributed by atoms with E-state index in [9.17, 15) is 5.11 Å². The number of aromatic nitrogens is 1. The topological polar surface area (TPSA) is 42.4 Å². The van der Waals surface area contributed by atoms with Crippen molar-refractivity contribution < 1.29 is 9.84 Å². The molecule has 1 heterocycles. The van der Waals surface area contributed by atoms with Gasteiger partial charge in [-0.3, -0.25) is 0 Å². The molecule has 1 N–H and O–H groups in total. The first kappa shape index (κ1) is 17.7. The van der Waals surface area contributed by atoms with Gasteiger partial charge in [0.25, 0.3) is 0 Å². The second kappa shape index (κ2) is 8.88. The van der Waals surface area contributed by atoms with Crippen LogP contribution in [0.4, 0.5) is 0 Å². The molecule has 1 aromatic heterocycles. The van der Waals surface area contributed by atoms with Crippen molar-refractivity contribution in [3.05, 3.63) is 35.4 Å². The van der Waals surface area contributed by atoms with Crippen LogP contribution in [0.1, 0.15) is 57.1 Å². The molecule has 0 spiro atoms. The summed E-state index contributed by atoms with van der Waals surface area (Å²) in [6.07, 6.45) is 6.82. The molecule has 1 unspecified atom stereocenters. The summed E-state index contributed by atoms with van der Waals surface area (Å²) >= 11 is 0. The van der Waals surface area contributed by atoms with Crippen molar-refractivity contribution in [3.63, 3.8) is 0 Å². The molecular weight excluding hydrogens is 286 g/mol. The molecule has 0 aliphatic rings. The summed E-state index contributed by atoms with van der Waals surface area (Å²) in [6.45, 7) is 7.09. The summed E-state index contributed by atoms with van der Waals surface area (Å²) in [5.74, 6) is 0.171. The van der Waals surface area contributed by atoms with Crippen molar-refractivity contribution in [2.45, 2.75) is 65.4 Å². The van der Waals surface area contributed by atoms with Gasteiger partial charge in [-0.1, -0.05) is 44.4 Å². The lowest BCUT2D eigenvalue weighted by molar-refractivity contribution is 0.0490. The number of nitrogens with zero attached hydrogens (tertiary/aromatic N) is 1. The minimum atomic E-state index is 0.171. The maximum absolute atomic E-state index is 10.3. The van der Waals surface area contributed by atoms with E-state index >= 15 is 0 Å². The van der Waals surface area contributed by atoms with E-state index in [-0.39, 0.29) is 12.0 Å². The number of hydrogen-bond donors (Lipinski definition) is 1. The number of rotatable bonds is 9. The third-order valence-corrected chi connectivity index (χ3v) is 4.51. The van der Waals surface area contributed by atoms with E-state index in [1.165, 1.54) is 19.3 Å². The highest BCUT2D eigenvalue weighted by atomic mass is 16.5. The average molecular weight is 315 g/mol. The summed E-state index contributed by atoms with van der Waals surface area (Å²) in [5, 5.41) is 11.4. The van der Waals surface area contributed by atoms with E-state index in [0.29, 0.717) is 0 Å². The summed E-state index contributed by atoms with van der Waals surface area (Å²) in [6, 6.07) is 7.99. The number of aryl methyl sites for hydroxylation is 1. The average Bonchev–Trinajstić information content (AvgIpc) is 2.54. The smallest absolute Gasteiger partial charge is 0.214 e. The van der Waals surface area contributed by atoms with Crippen LogP contribution in [0.15, 0.2) is 24.3 Å². The Kier molecular flexibility index (Phi) is 6.85. The van der Waals surface area contributed by atoms with Gasteiger partial charge in [-0.25, -0.2) is 4.98 Å². The first-order chi connectivity index (χ1) is 11.2. The molecule has 3 nitrogen and oxygen atoms in total. The quantitative estimate of drug-likeness (QED) is 0.649. The van der Waals surface area contributed by atoms with Gasteiger partial charge in [-0.2, -0.15) is 0 Å². The van der Waals surface area contributed by atoms with Crippen molar-refractivity contribution in [1.82, 2.24) is 4.98 Å².